The van der Waals surface area contributed by atoms with Crippen LogP contribution in [0.15, 0.2) is 102 Å². The number of pyridine rings is 1. The van der Waals surface area contributed by atoms with Gasteiger partial charge in [0.1, 0.15) is 11.2 Å². The Bertz CT molecular complexity index is 3480. The Hall–Kier alpha value is -6.18. The summed E-state index contributed by atoms with van der Waals surface area (Å²) in [5.41, 5.74) is 18.1. The van der Waals surface area contributed by atoms with E-state index >= 15 is 0 Å². The minimum atomic E-state index is -0.0187. The molecule has 4 bridgehead atoms. The Kier molecular flexibility index (Phi) is 5.55. The molecule has 0 saturated heterocycles. The predicted molar refractivity (Wildman–Crippen MR) is 230 cm³/mol. The van der Waals surface area contributed by atoms with Crippen molar-refractivity contribution in [2.45, 2.75) is 82.0 Å². The van der Waals surface area contributed by atoms with Crippen LogP contribution in [0.3, 0.4) is 0 Å². The van der Waals surface area contributed by atoms with Crippen LogP contribution in [0.2, 0.25) is 0 Å². The minimum absolute atomic E-state index is 0.00920. The van der Waals surface area contributed by atoms with Gasteiger partial charge in [0, 0.05) is 50.4 Å². The monoisotopic (exact) mass is 733 g/mol. The van der Waals surface area contributed by atoms with Crippen molar-refractivity contribution in [2.24, 2.45) is 0 Å². The van der Waals surface area contributed by atoms with Crippen molar-refractivity contribution in [3.8, 4) is 6.07 Å². The molecule has 6 aliphatic carbocycles. The quantitative estimate of drug-likeness (QED) is 0.115. The van der Waals surface area contributed by atoms with Gasteiger partial charge in [0.15, 0.2) is 0 Å². The summed E-state index contributed by atoms with van der Waals surface area (Å²) in [6.07, 6.45) is 8.31. The minimum Gasteiger partial charge on any atom is -0.455 e. The van der Waals surface area contributed by atoms with E-state index in [1.165, 1.54) is 126 Å². The molecule has 4 aromatic heterocycles. The summed E-state index contributed by atoms with van der Waals surface area (Å²) in [5.74, 6) is 1.04. The van der Waals surface area contributed by atoms with E-state index in [4.69, 9.17) is 9.40 Å². The summed E-state index contributed by atoms with van der Waals surface area (Å²) in [6.45, 7) is 6.92. The first kappa shape index (κ1) is 31.0. The number of benzene rings is 6. The van der Waals surface area contributed by atoms with Crippen molar-refractivity contribution in [1.82, 2.24) is 9.38 Å². The van der Waals surface area contributed by atoms with E-state index in [-0.39, 0.29) is 17.3 Å². The maximum absolute atomic E-state index is 11.1. The van der Waals surface area contributed by atoms with Crippen LogP contribution in [0.1, 0.15) is 132 Å². The van der Waals surface area contributed by atoms with Crippen molar-refractivity contribution in [2.75, 3.05) is 0 Å². The van der Waals surface area contributed by atoms with Crippen molar-refractivity contribution in [3.63, 3.8) is 0 Å². The fraction of sp³-hybridized carbons (Fsp3) is 0.245. The van der Waals surface area contributed by atoms with Crippen molar-refractivity contribution < 1.29 is 4.42 Å². The van der Waals surface area contributed by atoms with Gasteiger partial charge in [-0.2, -0.15) is 5.26 Å². The first-order chi connectivity index (χ1) is 27.9. The molecule has 0 spiro atoms. The van der Waals surface area contributed by atoms with Crippen LogP contribution in [0.5, 0.6) is 0 Å². The molecule has 1 saturated carbocycles. The van der Waals surface area contributed by atoms with Gasteiger partial charge in [-0.3, -0.25) is 4.98 Å². The van der Waals surface area contributed by atoms with Crippen molar-refractivity contribution in [3.05, 3.63) is 153 Å². The highest BCUT2D eigenvalue weighted by Gasteiger charge is 2.45. The van der Waals surface area contributed by atoms with Crippen LogP contribution in [0.4, 0.5) is 0 Å². The lowest BCUT2D eigenvalue weighted by Crippen LogP contribution is -2.28. The largest absolute Gasteiger partial charge is 0.455 e. The van der Waals surface area contributed by atoms with E-state index in [1.54, 1.807) is 0 Å². The van der Waals surface area contributed by atoms with Crippen molar-refractivity contribution >= 4 is 70.8 Å². The molecule has 0 amide bonds. The molecule has 2 atom stereocenters. The molecule has 6 aliphatic rings. The second kappa shape index (κ2) is 10.2. The van der Waals surface area contributed by atoms with Gasteiger partial charge in [-0.1, -0.05) is 100.0 Å². The zero-order valence-electron chi connectivity index (χ0n) is 32.3. The summed E-state index contributed by atoms with van der Waals surface area (Å²) >= 11 is 0. The molecule has 2 unspecified atom stereocenters. The van der Waals surface area contributed by atoms with Gasteiger partial charge in [-0.15, -0.1) is 0 Å². The summed E-state index contributed by atoms with van der Waals surface area (Å²) in [7, 11) is 0. The van der Waals surface area contributed by atoms with E-state index in [1.807, 2.05) is 0 Å². The second-order valence-corrected chi connectivity index (χ2v) is 18.7. The molecule has 0 radical (unpaired) electrons. The molecular weight excluding hydrogens is 695 g/mol. The lowest BCUT2D eigenvalue weighted by Gasteiger charge is -2.43. The van der Waals surface area contributed by atoms with E-state index < -0.39 is 0 Å². The maximum Gasteiger partial charge on any atom is 0.145 e. The normalized spacial score (nSPS) is 20.9. The molecule has 4 heterocycles. The third-order valence-corrected chi connectivity index (χ3v) is 15.0. The predicted octanol–water partition coefficient (Wildman–Crippen LogP) is 13.6. The Morgan fingerprint density at radius 3 is 2.11 bits per heavy atom. The number of hydrogen-bond acceptors (Lipinski definition) is 3. The number of aromatic nitrogens is 2. The number of hydrogen-bond donors (Lipinski definition) is 0. The van der Waals surface area contributed by atoms with Crippen LogP contribution in [-0.4, -0.2) is 9.38 Å². The molecule has 0 aliphatic heterocycles. The lowest BCUT2D eigenvalue weighted by atomic mass is 9.59. The Morgan fingerprint density at radius 1 is 0.649 bits per heavy atom. The highest BCUT2D eigenvalue weighted by atomic mass is 16.3. The average Bonchev–Trinajstić information content (AvgIpc) is 3.55. The van der Waals surface area contributed by atoms with Crippen molar-refractivity contribution in [1.29, 1.82) is 5.26 Å². The van der Waals surface area contributed by atoms with Crippen LogP contribution >= 0.6 is 0 Å². The summed E-state index contributed by atoms with van der Waals surface area (Å²) in [4.78, 5) is 5.40. The zero-order valence-corrected chi connectivity index (χ0v) is 32.3. The highest BCUT2D eigenvalue weighted by molar-refractivity contribution is 6.35. The fourth-order valence-electron chi connectivity index (χ4n) is 12.9. The zero-order chi connectivity index (χ0) is 37.6. The maximum atomic E-state index is 11.1. The third kappa shape index (κ3) is 3.56. The highest BCUT2D eigenvalue weighted by Crippen LogP contribution is 2.61. The summed E-state index contributed by atoms with van der Waals surface area (Å²) in [5, 5.41) is 21.1. The lowest BCUT2D eigenvalue weighted by molar-refractivity contribution is 0.518. The van der Waals surface area contributed by atoms with E-state index in [2.05, 4.69) is 128 Å². The first-order valence-corrected chi connectivity index (χ1v) is 21.0. The molecule has 4 heteroatoms. The number of nitrogens with zero attached hydrogens (tertiary/aromatic N) is 3. The molecule has 10 aromatic rings. The van der Waals surface area contributed by atoms with Gasteiger partial charge in [0.05, 0.1) is 39.8 Å². The van der Waals surface area contributed by atoms with Crippen LogP contribution in [0.25, 0.3) is 70.8 Å². The molecule has 272 valence electrons. The Morgan fingerprint density at radius 2 is 1.37 bits per heavy atom. The molecule has 57 heavy (non-hydrogen) atoms. The van der Waals surface area contributed by atoms with Gasteiger partial charge >= 0.3 is 0 Å². The van der Waals surface area contributed by atoms with Crippen LogP contribution in [-0.2, 0) is 5.41 Å². The van der Waals surface area contributed by atoms with Gasteiger partial charge < -0.3 is 8.82 Å². The number of nitriles is 1. The van der Waals surface area contributed by atoms with Crippen LogP contribution in [0, 0.1) is 11.3 Å². The van der Waals surface area contributed by atoms with Gasteiger partial charge in [-0.05, 0) is 110 Å². The SMILES string of the molecule is CC(C)(C)c1ccc2c3cc4c5c6c(c(C#N)cc5n5c7cnc8c(c7c(c3oc3cccc1c32)c45)C1CCCC8CC1)C1c2ccccc2C6c2ccccc21. The second-order valence-electron chi connectivity index (χ2n) is 18.7. The molecule has 0 N–H and O–H groups in total. The molecule has 6 aromatic carbocycles. The molecule has 4 nitrogen and oxygen atoms in total. The summed E-state index contributed by atoms with van der Waals surface area (Å²) < 4.78 is 9.84. The molecule has 1 fully saturated rings. The van der Waals surface area contributed by atoms with Gasteiger partial charge in [-0.25, -0.2) is 0 Å². The average molecular weight is 734 g/mol. The van der Waals surface area contributed by atoms with Gasteiger partial charge in [0.2, 0.25) is 0 Å². The standard InChI is InChI=1S/C53H39N3O/c1-53(2,3)37-21-20-33-35-23-36-46-38(22-28(24-54)41-44-29-12-4-6-14-31(29)45(48(41)46)32-15-7-5-13-30(32)44)56-39-25-55-50-27-11-8-10-26(18-19-27)42(50)47(39)49(51(36)56)52(35)57-40-17-9-16-34(37)43(33)40/h4-7,9,12-17,20-23,25-27,44-45H,8,10-11,18-19H2,1-3H3. The topological polar surface area (TPSA) is 54.2 Å². The summed E-state index contributed by atoms with van der Waals surface area (Å²) in [6, 6.07) is 36.7. The van der Waals surface area contributed by atoms with Gasteiger partial charge in [0.25, 0.3) is 0 Å². The molecular formula is C53H39N3O. The fourth-order valence-corrected chi connectivity index (χ4v) is 12.9. The van der Waals surface area contributed by atoms with E-state index in [0.717, 1.165) is 33.1 Å². The smallest absolute Gasteiger partial charge is 0.145 e. The van der Waals surface area contributed by atoms with Crippen LogP contribution < -0.4 is 0 Å². The van der Waals surface area contributed by atoms with E-state index in [9.17, 15) is 5.26 Å². The number of rotatable bonds is 0. The Balaban J connectivity index is 1.25. The third-order valence-electron chi connectivity index (χ3n) is 15.0. The Labute approximate surface area is 329 Å². The first-order valence-electron chi connectivity index (χ1n) is 21.0. The number of fused-ring (bicyclic) bond motifs is 12. The van der Waals surface area contributed by atoms with E-state index in [0.29, 0.717) is 11.8 Å². The molecule has 16 rings (SSSR count).